The zero-order chi connectivity index (χ0) is 37.9. The van der Waals surface area contributed by atoms with Crippen LogP contribution in [0.3, 0.4) is 0 Å². The molecule has 0 unspecified atom stereocenters. The van der Waals surface area contributed by atoms with Crippen LogP contribution in [0.4, 0.5) is 17.1 Å². The summed E-state index contributed by atoms with van der Waals surface area (Å²) in [6.45, 7) is 16.5. The molecule has 1 heteroatoms. The minimum atomic E-state index is -0.117. The number of nitrogens with zero attached hydrogens (tertiary/aromatic N) is 1. The molecule has 0 radical (unpaired) electrons. The van der Waals surface area contributed by atoms with Gasteiger partial charge in [-0.05, 0) is 100 Å². The van der Waals surface area contributed by atoms with E-state index in [-0.39, 0.29) is 16.2 Å². The summed E-state index contributed by atoms with van der Waals surface area (Å²) >= 11 is 0. The summed E-state index contributed by atoms with van der Waals surface area (Å²) in [4.78, 5) is 2.54. The summed E-state index contributed by atoms with van der Waals surface area (Å²) in [6, 6.07) is 59.6. The van der Waals surface area contributed by atoms with Crippen molar-refractivity contribution in [2.45, 2.75) is 64.7 Å². The number of para-hydroxylation sites is 3. The van der Waals surface area contributed by atoms with Crippen molar-refractivity contribution in [1.82, 2.24) is 0 Å². The van der Waals surface area contributed by atoms with Crippen LogP contribution in [0.1, 0.15) is 65.2 Å². The van der Waals surface area contributed by atoms with Crippen molar-refractivity contribution in [1.29, 1.82) is 0 Å². The summed E-state index contributed by atoms with van der Waals surface area (Å²) < 4.78 is 0. The van der Waals surface area contributed by atoms with Crippen molar-refractivity contribution in [3.63, 3.8) is 0 Å². The number of anilines is 3. The van der Waals surface area contributed by atoms with E-state index in [0.29, 0.717) is 0 Å². The van der Waals surface area contributed by atoms with E-state index in [4.69, 9.17) is 0 Å². The quantitative estimate of drug-likeness (QED) is 0.130. The molecule has 10 rings (SSSR count). The maximum Gasteiger partial charge on any atom is 0.0540 e. The van der Waals surface area contributed by atoms with Gasteiger partial charge in [0.1, 0.15) is 0 Å². The van der Waals surface area contributed by atoms with Gasteiger partial charge < -0.3 is 4.90 Å². The highest BCUT2D eigenvalue weighted by atomic mass is 15.2. The number of fused-ring (bicyclic) bond motifs is 4. The molecule has 0 aromatic heterocycles. The maximum absolute atomic E-state index is 2.54. The highest BCUT2D eigenvalue weighted by molar-refractivity contribution is 6.35. The van der Waals surface area contributed by atoms with Crippen molar-refractivity contribution in [3.05, 3.63) is 174 Å². The molecule has 1 aliphatic rings. The van der Waals surface area contributed by atoms with Crippen molar-refractivity contribution in [2.24, 2.45) is 0 Å². The first-order valence-corrected chi connectivity index (χ1v) is 19.8. The molecule has 0 atom stereocenters. The topological polar surface area (TPSA) is 3.24 Å². The molecule has 268 valence electrons. The third-order valence-electron chi connectivity index (χ3n) is 13.4. The van der Waals surface area contributed by atoms with E-state index in [9.17, 15) is 0 Å². The third kappa shape index (κ3) is 4.78. The molecule has 0 bridgehead atoms. The van der Waals surface area contributed by atoms with Gasteiger partial charge in [-0.15, -0.1) is 0 Å². The molecule has 0 N–H and O–H groups in total. The highest BCUT2D eigenvalue weighted by Gasteiger charge is 2.46. The zero-order valence-corrected chi connectivity index (χ0v) is 33.0. The molecule has 0 saturated carbocycles. The van der Waals surface area contributed by atoms with Gasteiger partial charge in [0.15, 0.2) is 0 Å². The first kappa shape index (κ1) is 33.6. The van der Waals surface area contributed by atoms with Crippen LogP contribution in [0.15, 0.2) is 158 Å². The van der Waals surface area contributed by atoms with E-state index in [0.717, 1.165) is 0 Å². The Morgan fingerprint density at radius 1 is 0.364 bits per heavy atom. The molecule has 1 aliphatic heterocycles. The molecular weight excluding hydrogens is 663 g/mol. The lowest BCUT2D eigenvalue weighted by Crippen LogP contribution is -2.39. The Balaban J connectivity index is 1.22. The van der Waals surface area contributed by atoms with Gasteiger partial charge in [-0.3, -0.25) is 0 Å². The molecule has 0 saturated heterocycles. The molecule has 0 aliphatic carbocycles. The smallest absolute Gasteiger partial charge is 0.0540 e. The summed E-state index contributed by atoms with van der Waals surface area (Å²) in [5, 5.41) is 10.5. The molecule has 55 heavy (non-hydrogen) atoms. The predicted octanol–water partition coefficient (Wildman–Crippen LogP) is 15.4. The average molecular weight is 710 g/mol. The Labute approximate surface area is 325 Å². The van der Waals surface area contributed by atoms with E-state index in [2.05, 4.69) is 211 Å². The average Bonchev–Trinajstić information content (AvgIpc) is 3.25. The first-order chi connectivity index (χ1) is 26.5. The normalized spacial score (nSPS) is 15.1. The second-order valence-electron chi connectivity index (χ2n) is 17.7. The van der Waals surface area contributed by atoms with Crippen LogP contribution in [0.25, 0.3) is 65.3 Å². The lowest BCUT2D eigenvalue weighted by molar-refractivity contribution is 0.307. The highest BCUT2D eigenvalue weighted by Crippen LogP contribution is 2.57. The summed E-state index contributed by atoms with van der Waals surface area (Å²) in [7, 11) is 0. The van der Waals surface area contributed by atoms with Crippen LogP contribution in [0, 0.1) is 0 Å². The third-order valence-corrected chi connectivity index (χ3v) is 13.4. The molecule has 0 fully saturated rings. The maximum atomic E-state index is 2.54. The van der Waals surface area contributed by atoms with Crippen LogP contribution >= 0.6 is 0 Å². The standard InChI is InChI=1S/C54H47N/c1-52(2,3)35-28-26-34(27-29-35)36-30-32-43-44-33-31-37(40-18-15-20-42(51(40)44)41-19-14-17-39(36)50(41)43)38-16-8-11-23-47(38)55-48-24-12-9-21-45(48)53(4,5)54(6,7)46-22-10-13-25-49(46)55/h8-33H,1-7H3. The molecule has 0 amide bonds. The number of hydrogen-bond acceptors (Lipinski definition) is 1. The van der Waals surface area contributed by atoms with Gasteiger partial charge in [0, 0.05) is 27.8 Å². The van der Waals surface area contributed by atoms with Crippen LogP contribution in [-0.4, -0.2) is 0 Å². The zero-order valence-electron chi connectivity index (χ0n) is 33.0. The van der Waals surface area contributed by atoms with Crippen LogP contribution in [-0.2, 0) is 16.2 Å². The molecule has 1 nitrogen and oxygen atoms in total. The summed E-state index contributed by atoms with van der Waals surface area (Å²) in [6.07, 6.45) is 0. The SMILES string of the molecule is CC(C)(C)c1ccc(-c2ccc3c4ccc(-c5ccccc5N5c6ccccc6C(C)(C)C(C)(C)c6ccccc65)c5cccc(c6cccc2c63)c54)cc1. The van der Waals surface area contributed by atoms with Gasteiger partial charge >= 0.3 is 0 Å². The van der Waals surface area contributed by atoms with Gasteiger partial charge in [0.05, 0.1) is 5.69 Å². The summed E-state index contributed by atoms with van der Waals surface area (Å²) in [5.41, 5.74) is 12.7. The van der Waals surface area contributed by atoms with E-state index in [1.165, 1.54) is 99.1 Å². The van der Waals surface area contributed by atoms with Gasteiger partial charge in [0.2, 0.25) is 0 Å². The van der Waals surface area contributed by atoms with E-state index in [1.54, 1.807) is 0 Å². The van der Waals surface area contributed by atoms with Crippen molar-refractivity contribution >= 4 is 60.2 Å². The lowest BCUT2D eigenvalue weighted by Gasteiger charge is -2.42. The minimum absolute atomic E-state index is 0.117. The second-order valence-corrected chi connectivity index (χ2v) is 17.7. The van der Waals surface area contributed by atoms with Gasteiger partial charge in [-0.1, -0.05) is 188 Å². The lowest BCUT2D eigenvalue weighted by atomic mass is 9.61. The number of benzene rings is 9. The summed E-state index contributed by atoms with van der Waals surface area (Å²) in [5.74, 6) is 0. The van der Waals surface area contributed by atoms with Crippen molar-refractivity contribution in [2.75, 3.05) is 4.90 Å². The Bertz CT molecular complexity index is 2880. The van der Waals surface area contributed by atoms with E-state index < -0.39 is 0 Å². The number of hydrogen-bond donors (Lipinski definition) is 0. The minimum Gasteiger partial charge on any atom is -0.309 e. The van der Waals surface area contributed by atoms with Crippen molar-refractivity contribution in [3.8, 4) is 22.3 Å². The van der Waals surface area contributed by atoms with Crippen LogP contribution in [0.2, 0.25) is 0 Å². The fourth-order valence-electron chi connectivity index (χ4n) is 9.70. The molecule has 9 aromatic rings. The Morgan fingerprint density at radius 2 is 0.800 bits per heavy atom. The number of rotatable bonds is 3. The largest absolute Gasteiger partial charge is 0.309 e. The van der Waals surface area contributed by atoms with E-state index >= 15 is 0 Å². The van der Waals surface area contributed by atoms with Gasteiger partial charge in [-0.2, -0.15) is 0 Å². The molecule has 1 heterocycles. The van der Waals surface area contributed by atoms with Crippen LogP contribution < -0.4 is 4.90 Å². The first-order valence-electron chi connectivity index (χ1n) is 19.8. The Morgan fingerprint density at radius 3 is 1.35 bits per heavy atom. The Kier molecular flexibility index (Phi) is 7.21. The molecule has 9 aromatic carbocycles. The fourth-order valence-corrected chi connectivity index (χ4v) is 9.70. The van der Waals surface area contributed by atoms with Crippen molar-refractivity contribution < 1.29 is 0 Å². The van der Waals surface area contributed by atoms with Gasteiger partial charge in [-0.25, -0.2) is 0 Å². The monoisotopic (exact) mass is 709 g/mol. The second kappa shape index (κ2) is 11.8. The predicted molar refractivity (Wildman–Crippen MR) is 238 cm³/mol. The Hall–Kier alpha value is -5.92. The molecule has 0 spiro atoms. The van der Waals surface area contributed by atoms with E-state index in [1.807, 2.05) is 0 Å². The van der Waals surface area contributed by atoms with Gasteiger partial charge in [0.25, 0.3) is 0 Å². The molecular formula is C54H47N. The van der Waals surface area contributed by atoms with Crippen LogP contribution in [0.5, 0.6) is 0 Å². The fraction of sp³-hybridized carbons (Fsp3) is 0.185.